The molecule has 3 heteroatoms. The molecule has 0 bridgehead atoms. The fourth-order valence-electron chi connectivity index (χ4n) is 3.58. The molecule has 0 N–H and O–H groups in total. The van der Waals surface area contributed by atoms with Crippen molar-refractivity contribution in [1.82, 2.24) is 9.80 Å². The minimum atomic E-state index is 0.0323. The van der Waals surface area contributed by atoms with E-state index in [0.29, 0.717) is 5.78 Å². The lowest BCUT2D eigenvalue weighted by atomic mass is 9.89. The Hall–Kier alpha value is -1.19. The Morgan fingerprint density at radius 1 is 0.833 bits per heavy atom. The van der Waals surface area contributed by atoms with Crippen molar-refractivity contribution in [3.05, 3.63) is 34.4 Å². The van der Waals surface area contributed by atoms with Crippen molar-refractivity contribution in [1.29, 1.82) is 0 Å². The summed E-state index contributed by atoms with van der Waals surface area (Å²) in [6.45, 7) is 20.6. The van der Waals surface area contributed by atoms with Gasteiger partial charge in [0.05, 0.1) is 0 Å². The number of ketones is 1. The van der Waals surface area contributed by atoms with E-state index < -0.39 is 0 Å². The largest absolute Gasteiger partial charge is 0.303 e. The van der Waals surface area contributed by atoms with E-state index in [1.165, 1.54) is 5.56 Å². The lowest BCUT2D eigenvalue weighted by Crippen LogP contribution is -2.41. The highest BCUT2D eigenvalue weighted by molar-refractivity contribution is 6.00. The normalized spacial score (nSPS) is 11.8. The van der Waals surface area contributed by atoms with Gasteiger partial charge >= 0.3 is 0 Å². The molecule has 1 aromatic rings. The van der Waals surface area contributed by atoms with Crippen LogP contribution in [-0.4, -0.2) is 54.9 Å². The van der Waals surface area contributed by atoms with E-state index in [2.05, 4.69) is 70.4 Å². The Labute approximate surface area is 149 Å². The van der Waals surface area contributed by atoms with E-state index >= 15 is 0 Å². The van der Waals surface area contributed by atoms with Gasteiger partial charge in [0.2, 0.25) is 0 Å². The van der Waals surface area contributed by atoms with Crippen LogP contribution in [0.1, 0.15) is 54.7 Å². The van der Waals surface area contributed by atoms with Crippen molar-refractivity contribution in [3.63, 3.8) is 0 Å². The number of aryl methyl sites for hydroxylation is 3. The molecule has 0 aliphatic heterocycles. The number of hydrogen-bond donors (Lipinski definition) is 0. The van der Waals surface area contributed by atoms with E-state index in [1.807, 2.05) is 0 Å². The van der Waals surface area contributed by atoms with Crippen LogP contribution in [0, 0.1) is 26.7 Å². The van der Waals surface area contributed by atoms with Gasteiger partial charge < -0.3 is 9.80 Å². The summed E-state index contributed by atoms with van der Waals surface area (Å²) in [4.78, 5) is 18.1. The van der Waals surface area contributed by atoms with Gasteiger partial charge in [0.15, 0.2) is 5.78 Å². The summed E-state index contributed by atoms with van der Waals surface area (Å²) in [6.07, 6.45) is 0. The van der Waals surface area contributed by atoms with Crippen LogP contribution in [-0.2, 0) is 0 Å². The second kappa shape index (κ2) is 9.95. The average molecular weight is 333 g/mol. The molecule has 0 unspecified atom stereocenters. The summed E-state index contributed by atoms with van der Waals surface area (Å²) in [5, 5.41) is 0. The van der Waals surface area contributed by atoms with Crippen molar-refractivity contribution in [3.8, 4) is 0 Å². The Bertz CT molecular complexity index is 494. The summed E-state index contributed by atoms with van der Waals surface area (Å²) >= 11 is 0. The van der Waals surface area contributed by atoms with Gasteiger partial charge in [-0.05, 0) is 58.1 Å². The van der Waals surface area contributed by atoms with Gasteiger partial charge in [-0.25, -0.2) is 0 Å². The number of Topliss-reactive ketones (excluding diaryl/α,β-unsaturated/α-hetero) is 1. The van der Waals surface area contributed by atoms with Crippen LogP contribution in [0.5, 0.6) is 0 Å². The Kier molecular flexibility index (Phi) is 8.65. The number of benzene rings is 1. The zero-order valence-corrected chi connectivity index (χ0v) is 16.8. The van der Waals surface area contributed by atoms with Crippen molar-refractivity contribution in [2.45, 2.75) is 48.5 Å². The molecule has 0 radical (unpaired) electrons. The van der Waals surface area contributed by atoms with Gasteiger partial charge in [0.25, 0.3) is 0 Å². The minimum absolute atomic E-state index is 0.0323. The fourth-order valence-corrected chi connectivity index (χ4v) is 3.58. The van der Waals surface area contributed by atoms with Gasteiger partial charge in [-0.2, -0.15) is 0 Å². The molecule has 0 aliphatic rings. The van der Waals surface area contributed by atoms with Gasteiger partial charge in [-0.15, -0.1) is 0 Å². The topological polar surface area (TPSA) is 23.6 Å². The van der Waals surface area contributed by atoms with Crippen LogP contribution in [0.25, 0.3) is 0 Å². The van der Waals surface area contributed by atoms with E-state index in [9.17, 15) is 4.79 Å². The smallest absolute Gasteiger partial charge is 0.169 e. The molecule has 1 aromatic carbocycles. The van der Waals surface area contributed by atoms with Crippen molar-refractivity contribution < 1.29 is 4.79 Å². The van der Waals surface area contributed by atoms with E-state index in [-0.39, 0.29) is 5.92 Å². The molecule has 0 heterocycles. The third kappa shape index (κ3) is 5.42. The third-order valence-electron chi connectivity index (χ3n) is 5.04. The zero-order valence-electron chi connectivity index (χ0n) is 16.8. The predicted molar refractivity (Wildman–Crippen MR) is 104 cm³/mol. The van der Waals surface area contributed by atoms with Crippen molar-refractivity contribution >= 4 is 5.78 Å². The zero-order chi connectivity index (χ0) is 18.3. The van der Waals surface area contributed by atoms with Gasteiger partial charge in [-0.3, -0.25) is 4.79 Å². The van der Waals surface area contributed by atoms with Crippen molar-refractivity contribution in [2.24, 2.45) is 5.92 Å². The van der Waals surface area contributed by atoms with Crippen LogP contribution in [0.2, 0.25) is 0 Å². The number of carbonyl (C=O) groups is 1. The van der Waals surface area contributed by atoms with Crippen LogP contribution >= 0.6 is 0 Å². The van der Waals surface area contributed by atoms with Crippen LogP contribution in [0.3, 0.4) is 0 Å². The van der Waals surface area contributed by atoms with Gasteiger partial charge in [-0.1, -0.05) is 45.4 Å². The average Bonchev–Trinajstić information content (AvgIpc) is 2.54. The van der Waals surface area contributed by atoms with Crippen LogP contribution in [0.15, 0.2) is 12.1 Å². The first-order valence-corrected chi connectivity index (χ1v) is 9.44. The molecule has 0 aliphatic carbocycles. The second-order valence-corrected chi connectivity index (χ2v) is 6.81. The molecule has 0 spiro atoms. The minimum Gasteiger partial charge on any atom is -0.303 e. The molecule has 0 aromatic heterocycles. The number of rotatable bonds is 10. The molecule has 1 rings (SSSR count). The summed E-state index contributed by atoms with van der Waals surface area (Å²) in [7, 11) is 0. The van der Waals surface area contributed by atoms with Crippen molar-refractivity contribution in [2.75, 3.05) is 39.3 Å². The first kappa shape index (κ1) is 20.9. The maximum atomic E-state index is 13.4. The Morgan fingerprint density at radius 2 is 1.21 bits per heavy atom. The molecule has 0 saturated heterocycles. The first-order valence-electron chi connectivity index (χ1n) is 9.44. The highest BCUT2D eigenvalue weighted by atomic mass is 16.1. The molecular weight excluding hydrogens is 296 g/mol. The lowest BCUT2D eigenvalue weighted by molar-refractivity contribution is 0.0836. The highest BCUT2D eigenvalue weighted by Gasteiger charge is 2.26. The molecule has 3 nitrogen and oxygen atoms in total. The van der Waals surface area contributed by atoms with E-state index in [0.717, 1.165) is 56.0 Å². The molecular formula is C21H36N2O. The summed E-state index contributed by atoms with van der Waals surface area (Å²) in [6, 6.07) is 4.26. The number of carbonyl (C=O) groups excluding carboxylic acids is 1. The Morgan fingerprint density at radius 3 is 1.54 bits per heavy atom. The molecule has 136 valence electrons. The number of hydrogen-bond acceptors (Lipinski definition) is 3. The maximum Gasteiger partial charge on any atom is 0.169 e. The lowest BCUT2D eigenvalue weighted by Gasteiger charge is -2.29. The maximum absolute atomic E-state index is 13.4. The van der Waals surface area contributed by atoms with Gasteiger partial charge in [0, 0.05) is 24.6 Å². The van der Waals surface area contributed by atoms with Crippen LogP contribution in [0.4, 0.5) is 0 Å². The van der Waals surface area contributed by atoms with Crippen LogP contribution < -0.4 is 0 Å². The molecule has 0 amide bonds. The fraction of sp³-hybridized carbons (Fsp3) is 0.667. The van der Waals surface area contributed by atoms with E-state index in [1.54, 1.807) is 0 Å². The highest BCUT2D eigenvalue weighted by Crippen LogP contribution is 2.21. The number of nitrogens with zero attached hydrogens (tertiary/aromatic N) is 2. The standard InChI is InChI=1S/C21H36N2O/c1-8-22(9-2)14-19(15-23(10-3)11-4)21(24)20-17(6)12-16(5)13-18(20)7/h12-13,19H,8-11,14-15H2,1-7H3. The summed E-state index contributed by atoms with van der Waals surface area (Å²) < 4.78 is 0. The second-order valence-electron chi connectivity index (χ2n) is 6.81. The molecule has 24 heavy (non-hydrogen) atoms. The van der Waals surface area contributed by atoms with E-state index in [4.69, 9.17) is 0 Å². The molecule has 0 saturated carbocycles. The summed E-state index contributed by atoms with van der Waals surface area (Å²) in [5.41, 5.74) is 4.39. The third-order valence-corrected chi connectivity index (χ3v) is 5.04. The first-order chi connectivity index (χ1) is 11.4. The quantitative estimate of drug-likeness (QED) is 0.603. The predicted octanol–water partition coefficient (Wildman–Crippen LogP) is 4.09. The monoisotopic (exact) mass is 332 g/mol. The molecule has 0 atom stereocenters. The summed E-state index contributed by atoms with van der Waals surface area (Å²) in [5.74, 6) is 0.341. The van der Waals surface area contributed by atoms with Gasteiger partial charge in [0.1, 0.15) is 0 Å². The Balaban J connectivity index is 3.15. The SMILES string of the molecule is CCN(CC)CC(CN(CC)CC)C(=O)c1c(C)cc(C)cc1C. The molecule has 0 fully saturated rings.